The molecule has 0 unspecified atom stereocenters. The number of benzene rings is 2. The first kappa shape index (κ1) is 17.8. The second-order valence-corrected chi connectivity index (χ2v) is 8.14. The first-order valence-electron chi connectivity index (χ1n) is 9.14. The van der Waals surface area contributed by atoms with Crippen molar-refractivity contribution in [1.29, 1.82) is 0 Å². The summed E-state index contributed by atoms with van der Waals surface area (Å²) in [5, 5.41) is 12.1. The van der Waals surface area contributed by atoms with E-state index in [1.165, 1.54) is 24.6 Å². The van der Waals surface area contributed by atoms with Gasteiger partial charge in [0.25, 0.3) is 0 Å². The number of amides is 1. The minimum atomic E-state index is -0.274. The highest BCUT2D eigenvalue weighted by Gasteiger charge is 2.30. The molecular formula is C21H22N4OS. The van der Waals surface area contributed by atoms with Gasteiger partial charge in [0.05, 0.1) is 5.25 Å². The van der Waals surface area contributed by atoms with E-state index in [0.717, 1.165) is 27.8 Å². The van der Waals surface area contributed by atoms with Crippen LogP contribution in [0.2, 0.25) is 0 Å². The molecule has 5 nitrogen and oxygen atoms in total. The fraction of sp³-hybridized carbons (Fsp3) is 0.286. The van der Waals surface area contributed by atoms with Crippen LogP contribution in [-0.2, 0) is 11.8 Å². The third kappa shape index (κ3) is 3.90. The van der Waals surface area contributed by atoms with Crippen molar-refractivity contribution in [1.82, 2.24) is 14.8 Å². The summed E-state index contributed by atoms with van der Waals surface area (Å²) in [6.07, 6.45) is 2.37. The van der Waals surface area contributed by atoms with Crippen molar-refractivity contribution >= 4 is 23.4 Å². The highest BCUT2D eigenvalue weighted by Crippen LogP contribution is 2.40. The SMILES string of the molecule is C[C@H](Sc1nnc(C2CC2)n1C)C(=O)Nc1ccccc1-c1ccccc1. The van der Waals surface area contributed by atoms with E-state index in [9.17, 15) is 4.79 Å². The largest absolute Gasteiger partial charge is 0.325 e. The lowest BCUT2D eigenvalue weighted by molar-refractivity contribution is -0.115. The van der Waals surface area contributed by atoms with Crippen LogP contribution in [-0.4, -0.2) is 25.9 Å². The molecule has 1 aliphatic rings. The zero-order chi connectivity index (χ0) is 18.8. The number of thioether (sulfide) groups is 1. The van der Waals surface area contributed by atoms with Crippen LogP contribution >= 0.6 is 11.8 Å². The summed E-state index contributed by atoms with van der Waals surface area (Å²) in [5.74, 6) is 1.53. The topological polar surface area (TPSA) is 59.8 Å². The molecule has 1 N–H and O–H groups in total. The molecule has 1 saturated carbocycles. The van der Waals surface area contributed by atoms with Gasteiger partial charge in [-0.2, -0.15) is 0 Å². The van der Waals surface area contributed by atoms with E-state index in [2.05, 4.69) is 15.5 Å². The quantitative estimate of drug-likeness (QED) is 0.643. The van der Waals surface area contributed by atoms with Crippen LogP contribution in [0.25, 0.3) is 11.1 Å². The minimum absolute atomic E-state index is 0.0423. The lowest BCUT2D eigenvalue weighted by Gasteiger charge is -2.14. The van der Waals surface area contributed by atoms with Gasteiger partial charge in [-0.1, -0.05) is 60.3 Å². The Bertz CT molecular complexity index is 950. The van der Waals surface area contributed by atoms with Crippen molar-refractivity contribution in [3.63, 3.8) is 0 Å². The predicted octanol–water partition coefficient (Wildman–Crippen LogP) is 4.48. The molecule has 0 bridgehead atoms. The van der Waals surface area contributed by atoms with Gasteiger partial charge in [0.2, 0.25) is 5.91 Å². The van der Waals surface area contributed by atoms with Crippen LogP contribution in [0.4, 0.5) is 5.69 Å². The summed E-state index contributed by atoms with van der Waals surface area (Å²) in [5.41, 5.74) is 2.91. The minimum Gasteiger partial charge on any atom is -0.325 e. The zero-order valence-electron chi connectivity index (χ0n) is 15.4. The summed E-state index contributed by atoms with van der Waals surface area (Å²) in [7, 11) is 1.98. The first-order valence-corrected chi connectivity index (χ1v) is 10.0. The molecule has 0 spiro atoms. The molecule has 27 heavy (non-hydrogen) atoms. The van der Waals surface area contributed by atoms with Gasteiger partial charge in [-0.15, -0.1) is 10.2 Å². The first-order chi connectivity index (χ1) is 13.1. The maximum Gasteiger partial charge on any atom is 0.237 e. The van der Waals surface area contributed by atoms with Crippen LogP contribution in [0.15, 0.2) is 59.8 Å². The van der Waals surface area contributed by atoms with E-state index in [1.807, 2.05) is 73.1 Å². The molecule has 1 fully saturated rings. The van der Waals surface area contributed by atoms with Gasteiger partial charge in [-0.25, -0.2) is 0 Å². The standard InChI is InChI=1S/C21H22N4OS/c1-14(27-21-24-23-19(25(21)2)16-12-13-16)20(26)22-18-11-7-6-10-17(18)15-8-4-3-5-9-15/h3-11,14,16H,12-13H2,1-2H3,(H,22,26)/t14-/m0/s1. The number of hydrogen-bond acceptors (Lipinski definition) is 4. The molecule has 0 saturated heterocycles. The summed E-state index contributed by atoms with van der Waals surface area (Å²) >= 11 is 1.44. The number of rotatable bonds is 6. The molecule has 1 aliphatic carbocycles. The zero-order valence-corrected chi connectivity index (χ0v) is 16.2. The van der Waals surface area contributed by atoms with Gasteiger partial charge >= 0.3 is 0 Å². The lowest BCUT2D eigenvalue weighted by atomic mass is 10.0. The van der Waals surface area contributed by atoms with E-state index in [0.29, 0.717) is 5.92 Å². The van der Waals surface area contributed by atoms with E-state index in [1.54, 1.807) is 0 Å². The third-order valence-corrected chi connectivity index (χ3v) is 5.87. The van der Waals surface area contributed by atoms with Gasteiger partial charge in [-0.3, -0.25) is 4.79 Å². The lowest BCUT2D eigenvalue weighted by Crippen LogP contribution is -2.23. The second kappa shape index (κ2) is 7.56. The molecule has 0 aliphatic heterocycles. The van der Waals surface area contributed by atoms with Crippen molar-refractivity contribution in [2.24, 2.45) is 7.05 Å². The molecule has 3 aromatic rings. The maximum atomic E-state index is 12.8. The van der Waals surface area contributed by atoms with Crippen LogP contribution < -0.4 is 5.32 Å². The molecule has 1 atom stereocenters. The summed E-state index contributed by atoms with van der Waals surface area (Å²) < 4.78 is 2.02. The molecule has 1 heterocycles. The fourth-order valence-electron chi connectivity index (χ4n) is 3.03. The van der Waals surface area contributed by atoms with Crippen LogP contribution in [0.3, 0.4) is 0 Å². The number of nitrogens with zero attached hydrogens (tertiary/aromatic N) is 3. The molecule has 4 rings (SSSR count). The van der Waals surface area contributed by atoms with Crippen molar-refractivity contribution in [2.45, 2.75) is 36.1 Å². The smallest absolute Gasteiger partial charge is 0.237 e. The number of carbonyl (C=O) groups excluding carboxylic acids is 1. The van der Waals surface area contributed by atoms with Crippen LogP contribution in [0, 0.1) is 0 Å². The van der Waals surface area contributed by atoms with Crippen molar-refractivity contribution in [3.05, 3.63) is 60.4 Å². The number of aromatic nitrogens is 3. The van der Waals surface area contributed by atoms with Crippen LogP contribution in [0.5, 0.6) is 0 Å². The van der Waals surface area contributed by atoms with Gasteiger partial charge in [0, 0.05) is 24.2 Å². The Balaban J connectivity index is 1.48. The molecule has 6 heteroatoms. The fourth-order valence-corrected chi connectivity index (χ4v) is 3.86. The van der Waals surface area contributed by atoms with E-state index in [-0.39, 0.29) is 11.2 Å². The summed E-state index contributed by atoms with van der Waals surface area (Å²) in [4.78, 5) is 12.8. The van der Waals surface area contributed by atoms with E-state index >= 15 is 0 Å². The second-order valence-electron chi connectivity index (χ2n) is 6.84. The number of carbonyl (C=O) groups is 1. The molecule has 1 amide bonds. The number of hydrogen-bond donors (Lipinski definition) is 1. The monoisotopic (exact) mass is 378 g/mol. The predicted molar refractivity (Wildman–Crippen MR) is 109 cm³/mol. The average molecular weight is 379 g/mol. The highest BCUT2D eigenvalue weighted by molar-refractivity contribution is 8.00. The Morgan fingerprint density at radius 3 is 2.56 bits per heavy atom. The Morgan fingerprint density at radius 2 is 1.81 bits per heavy atom. The highest BCUT2D eigenvalue weighted by atomic mass is 32.2. The Hall–Kier alpha value is -2.60. The van der Waals surface area contributed by atoms with Gasteiger partial charge in [0.1, 0.15) is 5.82 Å². The summed E-state index contributed by atoms with van der Waals surface area (Å²) in [6, 6.07) is 17.9. The number of anilines is 1. The van der Waals surface area contributed by atoms with Crippen molar-refractivity contribution in [3.8, 4) is 11.1 Å². The average Bonchev–Trinajstić information content (AvgIpc) is 3.47. The Labute approximate surface area is 163 Å². The van der Waals surface area contributed by atoms with Gasteiger partial charge in [-0.05, 0) is 31.4 Å². The Kier molecular flexibility index (Phi) is 4.99. The molecule has 2 aromatic carbocycles. The third-order valence-electron chi connectivity index (χ3n) is 4.73. The Morgan fingerprint density at radius 1 is 1.11 bits per heavy atom. The van der Waals surface area contributed by atoms with Crippen molar-refractivity contribution in [2.75, 3.05) is 5.32 Å². The maximum absolute atomic E-state index is 12.8. The molecule has 138 valence electrons. The van der Waals surface area contributed by atoms with E-state index in [4.69, 9.17) is 0 Å². The molecule has 0 radical (unpaired) electrons. The van der Waals surface area contributed by atoms with Crippen LogP contribution in [0.1, 0.15) is 31.5 Å². The van der Waals surface area contributed by atoms with Crippen molar-refractivity contribution < 1.29 is 4.79 Å². The number of nitrogens with one attached hydrogen (secondary N) is 1. The summed E-state index contributed by atoms with van der Waals surface area (Å²) in [6.45, 7) is 1.90. The normalized spacial score (nSPS) is 14.7. The van der Waals surface area contributed by atoms with Gasteiger partial charge in [0.15, 0.2) is 5.16 Å². The van der Waals surface area contributed by atoms with E-state index < -0.39 is 0 Å². The molecule has 1 aromatic heterocycles. The van der Waals surface area contributed by atoms with Gasteiger partial charge < -0.3 is 9.88 Å². The number of para-hydroxylation sites is 1. The molecular weight excluding hydrogens is 356 g/mol.